The molecule has 2 aliphatic heterocycles. The predicted octanol–water partition coefficient (Wildman–Crippen LogP) is 1.20. The van der Waals surface area contributed by atoms with Crippen molar-refractivity contribution < 1.29 is 26.3 Å². The average molecular weight is 422 g/mol. The van der Waals surface area contributed by atoms with Crippen molar-refractivity contribution in [3.8, 4) is 5.75 Å². The van der Waals surface area contributed by atoms with E-state index in [1.165, 1.54) is 16.4 Å². The minimum absolute atomic E-state index is 0.251. The van der Waals surface area contributed by atoms with Gasteiger partial charge in [0.25, 0.3) is 10.2 Å². The van der Waals surface area contributed by atoms with Crippen LogP contribution in [0.2, 0.25) is 0 Å². The molecule has 0 unspecified atom stereocenters. The topological polar surface area (TPSA) is 56.3 Å². The smallest absolute Gasteiger partial charge is 0.406 e. The maximum atomic E-state index is 12.8. The summed E-state index contributed by atoms with van der Waals surface area (Å²) in [6.07, 6.45) is -4.70. The SMILES string of the molecule is CN1CCN(S(=O)(=O)N2CCN(Cc3ccc(OC(F)(F)F)cc3)CC2)CC1. The van der Waals surface area contributed by atoms with Crippen LogP contribution in [0.4, 0.5) is 13.2 Å². The normalized spacial score (nSPS) is 21.7. The standard InChI is InChI=1S/C17H25F3N4O3S/c1-21-6-10-23(11-7-21)28(25,26)24-12-8-22(9-13-24)14-15-2-4-16(5-3-15)27-17(18,19)20/h2-5H,6-14H2,1H3. The molecule has 158 valence electrons. The molecule has 0 saturated carbocycles. The Bertz CT molecular complexity index is 742. The third-order valence-electron chi connectivity index (χ3n) is 5.01. The number of alkyl halides is 3. The first-order valence-corrected chi connectivity index (χ1v) is 10.5. The van der Waals surface area contributed by atoms with Gasteiger partial charge in [-0.3, -0.25) is 4.90 Å². The van der Waals surface area contributed by atoms with Gasteiger partial charge in [0, 0.05) is 58.9 Å². The van der Waals surface area contributed by atoms with Gasteiger partial charge >= 0.3 is 6.36 Å². The third-order valence-corrected chi connectivity index (χ3v) is 7.04. The van der Waals surface area contributed by atoms with E-state index in [4.69, 9.17) is 0 Å². The molecule has 1 aromatic rings. The highest BCUT2D eigenvalue weighted by Crippen LogP contribution is 2.23. The lowest BCUT2D eigenvalue weighted by atomic mass is 10.2. The highest BCUT2D eigenvalue weighted by atomic mass is 32.2. The maximum absolute atomic E-state index is 12.8. The zero-order chi connectivity index (χ0) is 20.4. The lowest BCUT2D eigenvalue weighted by molar-refractivity contribution is -0.274. The van der Waals surface area contributed by atoms with Crippen molar-refractivity contribution in [3.63, 3.8) is 0 Å². The highest BCUT2D eigenvalue weighted by Gasteiger charge is 2.34. The van der Waals surface area contributed by atoms with E-state index in [-0.39, 0.29) is 5.75 Å². The van der Waals surface area contributed by atoms with Crippen molar-refractivity contribution in [1.82, 2.24) is 18.4 Å². The molecule has 0 spiro atoms. The molecule has 0 amide bonds. The number of benzene rings is 1. The molecule has 2 saturated heterocycles. The van der Waals surface area contributed by atoms with Crippen molar-refractivity contribution in [2.75, 3.05) is 59.4 Å². The highest BCUT2D eigenvalue weighted by molar-refractivity contribution is 7.86. The van der Waals surface area contributed by atoms with E-state index in [0.717, 1.165) is 18.7 Å². The molecule has 1 aromatic carbocycles. The Kier molecular flexibility index (Phi) is 6.50. The summed E-state index contributed by atoms with van der Waals surface area (Å²) in [5.41, 5.74) is 0.852. The van der Waals surface area contributed by atoms with Gasteiger partial charge in [0.2, 0.25) is 0 Å². The summed E-state index contributed by atoms with van der Waals surface area (Å²) in [5.74, 6) is -0.251. The summed E-state index contributed by atoms with van der Waals surface area (Å²) in [4.78, 5) is 4.20. The number of likely N-dealkylation sites (N-methyl/N-ethyl adjacent to an activating group) is 1. The molecular formula is C17H25F3N4O3S. The first-order valence-electron chi connectivity index (χ1n) is 9.14. The van der Waals surface area contributed by atoms with Gasteiger partial charge in [-0.2, -0.15) is 17.0 Å². The lowest BCUT2D eigenvalue weighted by Gasteiger charge is -2.39. The molecule has 7 nitrogen and oxygen atoms in total. The Morgan fingerprint density at radius 1 is 0.893 bits per heavy atom. The first-order chi connectivity index (χ1) is 13.1. The van der Waals surface area contributed by atoms with Crippen molar-refractivity contribution in [1.29, 1.82) is 0 Å². The minimum atomic E-state index is -4.70. The van der Waals surface area contributed by atoms with Gasteiger partial charge in [-0.15, -0.1) is 13.2 Å². The third kappa shape index (κ3) is 5.57. The van der Waals surface area contributed by atoms with Crippen LogP contribution >= 0.6 is 0 Å². The number of rotatable bonds is 5. The number of hydrogen-bond donors (Lipinski definition) is 0. The van der Waals surface area contributed by atoms with E-state index in [1.54, 1.807) is 16.4 Å². The van der Waals surface area contributed by atoms with E-state index in [9.17, 15) is 21.6 Å². The van der Waals surface area contributed by atoms with Crippen LogP contribution in [0.3, 0.4) is 0 Å². The zero-order valence-corrected chi connectivity index (χ0v) is 16.5. The largest absolute Gasteiger partial charge is 0.573 e. The molecule has 2 fully saturated rings. The monoisotopic (exact) mass is 422 g/mol. The van der Waals surface area contributed by atoms with E-state index in [2.05, 4.69) is 14.5 Å². The molecule has 0 N–H and O–H groups in total. The summed E-state index contributed by atoms with van der Waals surface area (Å²) in [6.45, 7) is 4.99. The molecule has 11 heteroatoms. The first kappa shape index (κ1) is 21.3. The second-order valence-corrected chi connectivity index (χ2v) is 9.01. The quantitative estimate of drug-likeness (QED) is 0.714. The molecule has 0 aromatic heterocycles. The van der Waals surface area contributed by atoms with E-state index < -0.39 is 16.6 Å². The van der Waals surface area contributed by atoms with Gasteiger partial charge in [-0.25, -0.2) is 0 Å². The van der Waals surface area contributed by atoms with Gasteiger partial charge in [0.1, 0.15) is 5.75 Å². The molecule has 0 aliphatic carbocycles. The molecule has 28 heavy (non-hydrogen) atoms. The fraction of sp³-hybridized carbons (Fsp3) is 0.647. The molecule has 2 aliphatic rings. The second kappa shape index (κ2) is 8.54. The van der Waals surface area contributed by atoms with E-state index >= 15 is 0 Å². The number of ether oxygens (including phenoxy) is 1. The molecule has 2 heterocycles. The second-order valence-electron chi connectivity index (χ2n) is 7.08. The molecule has 3 rings (SSSR count). The Labute approximate surface area is 163 Å². The van der Waals surface area contributed by atoms with Crippen LogP contribution in [0.15, 0.2) is 24.3 Å². The van der Waals surface area contributed by atoms with Crippen LogP contribution in [0.25, 0.3) is 0 Å². The minimum Gasteiger partial charge on any atom is -0.406 e. The van der Waals surface area contributed by atoms with Gasteiger partial charge < -0.3 is 9.64 Å². The van der Waals surface area contributed by atoms with Crippen molar-refractivity contribution in [3.05, 3.63) is 29.8 Å². The summed E-state index contributed by atoms with van der Waals surface area (Å²) in [7, 11) is -1.46. The summed E-state index contributed by atoms with van der Waals surface area (Å²) in [6, 6.07) is 5.76. The maximum Gasteiger partial charge on any atom is 0.573 e. The van der Waals surface area contributed by atoms with Gasteiger partial charge in [0.05, 0.1) is 0 Å². The summed E-state index contributed by atoms with van der Waals surface area (Å²) >= 11 is 0. The summed E-state index contributed by atoms with van der Waals surface area (Å²) in [5, 5.41) is 0. The average Bonchev–Trinajstić information content (AvgIpc) is 2.63. The van der Waals surface area contributed by atoms with Crippen LogP contribution in [-0.4, -0.2) is 92.6 Å². The van der Waals surface area contributed by atoms with Crippen molar-refractivity contribution in [2.45, 2.75) is 12.9 Å². The fourth-order valence-corrected chi connectivity index (χ4v) is 4.93. The number of halogens is 3. The number of nitrogens with zero attached hydrogens (tertiary/aromatic N) is 4. The number of hydrogen-bond acceptors (Lipinski definition) is 5. The van der Waals surface area contributed by atoms with Crippen molar-refractivity contribution in [2.24, 2.45) is 0 Å². The number of piperazine rings is 2. The van der Waals surface area contributed by atoms with Crippen LogP contribution in [0, 0.1) is 0 Å². The lowest BCUT2D eigenvalue weighted by Crippen LogP contribution is -2.56. The van der Waals surface area contributed by atoms with Crippen LogP contribution in [-0.2, 0) is 16.8 Å². The Morgan fingerprint density at radius 2 is 1.39 bits per heavy atom. The zero-order valence-electron chi connectivity index (χ0n) is 15.7. The van der Waals surface area contributed by atoms with E-state index in [1.807, 2.05) is 7.05 Å². The molecule has 0 radical (unpaired) electrons. The molecule has 0 bridgehead atoms. The Morgan fingerprint density at radius 3 is 1.89 bits per heavy atom. The molecule has 0 atom stereocenters. The van der Waals surface area contributed by atoms with Crippen LogP contribution in [0.5, 0.6) is 5.75 Å². The predicted molar refractivity (Wildman–Crippen MR) is 98.0 cm³/mol. The van der Waals surface area contributed by atoms with Gasteiger partial charge in [-0.1, -0.05) is 12.1 Å². The fourth-order valence-electron chi connectivity index (χ4n) is 3.36. The van der Waals surface area contributed by atoms with Gasteiger partial charge in [-0.05, 0) is 24.7 Å². The van der Waals surface area contributed by atoms with Crippen molar-refractivity contribution >= 4 is 10.2 Å². The molecular weight excluding hydrogens is 397 g/mol. The Balaban J connectivity index is 1.50. The van der Waals surface area contributed by atoms with E-state index in [0.29, 0.717) is 45.8 Å². The Hall–Kier alpha value is -1.40. The summed E-state index contributed by atoms with van der Waals surface area (Å²) < 4.78 is 69.1. The van der Waals surface area contributed by atoms with Crippen LogP contribution < -0.4 is 4.74 Å². The van der Waals surface area contributed by atoms with Crippen LogP contribution in [0.1, 0.15) is 5.56 Å². The van der Waals surface area contributed by atoms with Gasteiger partial charge in [0.15, 0.2) is 0 Å².